The molecule has 1 atom stereocenters. The monoisotopic (exact) mass is 221 g/mol. The Morgan fingerprint density at radius 1 is 1.56 bits per heavy atom. The molecular formula is C12H19N3O. The van der Waals surface area contributed by atoms with E-state index < -0.39 is 0 Å². The van der Waals surface area contributed by atoms with Crippen LogP contribution in [0.2, 0.25) is 0 Å². The van der Waals surface area contributed by atoms with Gasteiger partial charge < -0.3 is 11.1 Å². The first kappa shape index (κ1) is 12.6. The smallest absolute Gasteiger partial charge is 0.225 e. The molecule has 3 N–H and O–H groups in total. The second-order valence-corrected chi connectivity index (χ2v) is 4.30. The van der Waals surface area contributed by atoms with Gasteiger partial charge in [-0.15, -0.1) is 0 Å². The third-order valence-corrected chi connectivity index (χ3v) is 2.56. The van der Waals surface area contributed by atoms with Crippen molar-refractivity contribution >= 4 is 11.6 Å². The summed E-state index contributed by atoms with van der Waals surface area (Å²) in [5.41, 5.74) is 7.40. The van der Waals surface area contributed by atoms with Gasteiger partial charge in [0.15, 0.2) is 0 Å². The number of aryl methyl sites for hydroxylation is 1. The van der Waals surface area contributed by atoms with Gasteiger partial charge in [-0.25, -0.2) is 0 Å². The highest BCUT2D eigenvalue weighted by molar-refractivity contribution is 5.91. The van der Waals surface area contributed by atoms with Crippen LogP contribution in [0.5, 0.6) is 0 Å². The summed E-state index contributed by atoms with van der Waals surface area (Å²) in [5, 5.41) is 2.81. The fourth-order valence-electron chi connectivity index (χ4n) is 1.27. The van der Waals surface area contributed by atoms with Gasteiger partial charge in [0.1, 0.15) is 0 Å². The average molecular weight is 221 g/mol. The van der Waals surface area contributed by atoms with E-state index in [1.807, 2.05) is 26.8 Å². The largest absolute Gasteiger partial charge is 0.327 e. The van der Waals surface area contributed by atoms with Gasteiger partial charge in [-0.1, -0.05) is 13.8 Å². The van der Waals surface area contributed by atoms with Crippen molar-refractivity contribution in [2.45, 2.75) is 33.2 Å². The summed E-state index contributed by atoms with van der Waals surface area (Å²) >= 11 is 0. The van der Waals surface area contributed by atoms with Crippen molar-refractivity contribution < 1.29 is 4.79 Å². The zero-order valence-corrected chi connectivity index (χ0v) is 10.0. The van der Waals surface area contributed by atoms with E-state index in [1.165, 1.54) is 0 Å². The molecule has 0 radical (unpaired) electrons. The van der Waals surface area contributed by atoms with Crippen molar-refractivity contribution in [1.29, 1.82) is 0 Å². The van der Waals surface area contributed by atoms with Crippen LogP contribution >= 0.6 is 0 Å². The fourth-order valence-corrected chi connectivity index (χ4v) is 1.27. The molecule has 0 aliphatic rings. The summed E-state index contributed by atoms with van der Waals surface area (Å²) in [7, 11) is 0. The number of nitrogens with two attached hydrogens (primary N) is 1. The number of nitrogens with zero attached hydrogens (tertiary/aromatic N) is 1. The summed E-state index contributed by atoms with van der Waals surface area (Å²) in [4.78, 5) is 15.8. The van der Waals surface area contributed by atoms with Gasteiger partial charge in [-0.2, -0.15) is 0 Å². The first-order chi connectivity index (χ1) is 7.50. The molecule has 0 aliphatic carbocycles. The molecule has 0 fully saturated rings. The van der Waals surface area contributed by atoms with Crippen LogP contribution in [0.15, 0.2) is 18.3 Å². The predicted octanol–water partition coefficient (Wildman–Crippen LogP) is 1.70. The van der Waals surface area contributed by atoms with Crippen molar-refractivity contribution in [3.8, 4) is 0 Å². The van der Waals surface area contributed by atoms with Crippen LogP contribution in [0.1, 0.15) is 26.0 Å². The number of nitrogens with one attached hydrogen (secondary N) is 1. The Bertz CT molecular complexity index is 363. The van der Waals surface area contributed by atoms with E-state index in [-0.39, 0.29) is 11.9 Å². The summed E-state index contributed by atoms with van der Waals surface area (Å²) in [5.74, 6) is 0.248. The van der Waals surface area contributed by atoms with E-state index in [0.29, 0.717) is 12.3 Å². The van der Waals surface area contributed by atoms with Crippen molar-refractivity contribution in [1.82, 2.24) is 4.98 Å². The van der Waals surface area contributed by atoms with Gasteiger partial charge >= 0.3 is 0 Å². The zero-order valence-electron chi connectivity index (χ0n) is 10.0. The van der Waals surface area contributed by atoms with Gasteiger partial charge in [0.25, 0.3) is 0 Å². The maximum absolute atomic E-state index is 11.7. The van der Waals surface area contributed by atoms with E-state index in [4.69, 9.17) is 5.73 Å². The lowest BCUT2D eigenvalue weighted by Gasteiger charge is -2.15. The first-order valence-electron chi connectivity index (χ1n) is 5.47. The maximum atomic E-state index is 11.7. The van der Waals surface area contributed by atoms with Gasteiger partial charge in [0.2, 0.25) is 5.91 Å². The number of hydrogen-bond acceptors (Lipinski definition) is 3. The molecule has 88 valence electrons. The van der Waals surface area contributed by atoms with E-state index in [1.54, 1.807) is 12.3 Å². The van der Waals surface area contributed by atoms with E-state index in [9.17, 15) is 4.79 Å². The molecule has 0 aliphatic heterocycles. The van der Waals surface area contributed by atoms with Gasteiger partial charge in [-0.05, 0) is 25.0 Å². The van der Waals surface area contributed by atoms with Crippen molar-refractivity contribution in [2.24, 2.45) is 11.7 Å². The first-order valence-corrected chi connectivity index (χ1v) is 5.47. The summed E-state index contributed by atoms with van der Waals surface area (Å²) < 4.78 is 0. The number of carbonyl (C=O) groups excluding carboxylic acids is 1. The number of aromatic nitrogens is 1. The second kappa shape index (κ2) is 5.61. The van der Waals surface area contributed by atoms with Crippen LogP contribution in [0, 0.1) is 12.8 Å². The molecule has 1 unspecified atom stereocenters. The van der Waals surface area contributed by atoms with Gasteiger partial charge in [-0.3, -0.25) is 9.78 Å². The molecule has 0 saturated heterocycles. The number of anilines is 1. The molecule has 16 heavy (non-hydrogen) atoms. The highest BCUT2D eigenvalue weighted by Gasteiger charge is 2.13. The third-order valence-electron chi connectivity index (χ3n) is 2.56. The molecule has 4 heteroatoms. The van der Waals surface area contributed by atoms with Gasteiger partial charge in [0, 0.05) is 18.7 Å². The summed E-state index contributed by atoms with van der Waals surface area (Å²) in [6, 6.07) is 3.53. The number of pyridine rings is 1. The van der Waals surface area contributed by atoms with E-state index in [2.05, 4.69) is 10.3 Å². The number of hydrogen-bond donors (Lipinski definition) is 2. The Balaban J connectivity index is 2.55. The third kappa shape index (κ3) is 3.62. The zero-order chi connectivity index (χ0) is 12.1. The minimum absolute atomic E-state index is 0.0581. The Morgan fingerprint density at radius 2 is 2.25 bits per heavy atom. The molecule has 1 rings (SSSR count). The Labute approximate surface area is 96.3 Å². The lowest BCUT2D eigenvalue weighted by atomic mass is 10.0. The number of rotatable bonds is 4. The van der Waals surface area contributed by atoms with Crippen LogP contribution in [-0.2, 0) is 4.79 Å². The molecule has 1 aromatic heterocycles. The van der Waals surface area contributed by atoms with E-state index in [0.717, 1.165) is 11.4 Å². The fraction of sp³-hybridized carbons (Fsp3) is 0.500. The molecule has 0 aromatic carbocycles. The standard InChI is InChI=1S/C12H19N3O/c1-8(2)10(13)7-12(16)15-11-5-4-6-14-9(11)3/h4-6,8,10H,7,13H2,1-3H3,(H,15,16). The lowest BCUT2D eigenvalue weighted by molar-refractivity contribution is -0.116. The normalized spacial score (nSPS) is 12.6. The SMILES string of the molecule is Cc1ncccc1NC(=O)CC(N)C(C)C. The quantitative estimate of drug-likeness (QED) is 0.813. The number of carbonyl (C=O) groups is 1. The molecule has 1 heterocycles. The van der Waals surface area contributed by atoms with Gasteiger partial charge in [0.05, 0.1) is 11.4 Å². The second-order valence-electron chi connectivity index (χ2n) is 4.30. The molecule has 1 amide bonds. The summed E-state index contributed by atoms with van der Waals surface area (Å²) in [6.07, 6.45) is 2.04. The topological polar surface area (TPSA) is 68.0 Å². The van der Waals surface area contributed by atoms with Crippen LogP contribution in [0.25, 0.3) is 0 Å². The molecule has 1 aromatic rings. The van der Waals surface area contributed by atoms with Crippen LogP contribution in [0.4, 0.5) is 5.69 Å². The molecular weight excluding hydrogens is 202 g/mol. The Hall–Kier alpha value is -1.42. The van der Waals surface area contributed by atoms with Crippen molar-refractivity contribution in [3.05, 3.63) is 24.0 Å². The predicted molar refractivity (Wildman–Crippen MR) is 65.0 cm³/mol. The Morgan fingerprint density at radius 3 is 2.81 bits per heavy atom. The average Bonchev–Trinajstić information content (AvgIpc) is 2.21. The van der Waals surface area contributed by atoms with Crippen molar-refractivity contribution in [2.75, 3.05) is 5.32 Å². The maximum Gasteiger partial charge on any atom is 0.225 e. The van der Waals surface area contributed by atoms with Crippen LogP contribution in [-0.4, -0.2) is 16.9 Å². The van der Waals surface area contributed by atoms with Crippen LogP contribution < -0.4 is 11.1 Å². The Kier molecular flexibility index (Phi) is 4.43. The number of amides is 1. The summed E-state index contributed by atoms with van der Waals surface area (Å²) in [6.45, 7) is 5.87. The molecule has 4 nitrogen and oxygen atoms in total. The minimum Gasteiger partial charge on any atom is -0.327 e. The van der Waals surface area contributed by atoms with Crippen LogP contribution in [0.3, 0.4) is 0 Å². The van der Waals surface area contributed by atoms with E-state index >= 15 is 0 Å². The molecule has 0 bridgehead atoms. The highest BCUT2D eigenvalue weighted by atomic mass is 16.1. The molecule has 0 saturated carbocycles. The lowest BCUT2D eigenvalue weighted by Crippen LogP contribution is -2.31. The minimum atomic E-state index is -0.100. The molecule has 0 spiro atoms. The van der Waals surface area contributed by atoms with Crippen molar-refractivity contribution in [3.63, 3.8) is 0 Å². The highest BCUT2D eigenvalue weighted by Crippen LogP contribution is 2.11.